The van der Waals surface area contributed by atoms with Crippen LogP contribution in [0.15, 0.2) is 88.8 Å². The minimum atomic E-state index is 0.0624. The first kappa shape index (κ1) is 30.8. The SMILES string of the molecule is CC(C)(c1ccsc1)c1csc2c(C(C)(C)c3ccsc3)csc12.c1cc(Cc2csc3c(Cc4ccsc4)csc23)cs1. The normalized spacial score (nSPS) is 12.3. The minimum Gasteiger partial charge on any atom is -0.152 e. The Balaban J connectivity index is 0.000000144. The van der Waals surface area contributed by atoms with Gasteiger partial charge in [-0.25, -0.2) is 0 Å². The molecule has 8 aromatic heterocycles. The molecule has 0 aromatic carbocycles. The van der Waals surface area contributed by atoms with E-state index in [0.717, 1.165) is 12.8 Å². The van der Waals surface area contributed by atoms with Crippen LogP contribution in [0.3, 0.4) is 0 Å². The lowest BCUT2D eigenvalue weighted by Gasteiger charge is -2.23. The molecule has 44 heavy (non-hydrogen) atoms. The Morgan fingerprint density at radius 3 is 1.18 bits per heavy atom. The van der Waals surface area contributed by atoms with Crippen LogP contribution in [0.5, 0.6) is 0 Å². The summed E-state index contributed by atoms with van der Waals surface area (Å²) in [5, 5.41) is 27.2. The van der Waals surface area contributed by atoms with Gasteiger partial charge in [-0.05, 0) is 133 Å². The lowest BCUT2D eigenvalue weighted by atomic mass is 9.79. The van der Waals surface area contributed by atoms with Gasteiger partial charge in [-0.2, -0.15) is 45.3 Å². The number of hydrogen-bond donors (Lipinski definition) is 0. The molecule has 0 atom stereocenters. The van der Waals surface area contributed by atoms with Gasteiger partial charge in [-0.1, -0.05) is 27.7 Å². The van der Waals surface area contributed by atoms with Crippen molar-refractivity contribution in [1.82, 2.24) is 0 Å². The van der Waals surface area contributed by atoms with Crippen molar-refractivity contribution in [2.45, 2.75) is 51.4 Å². The van der Waals surface area contributed by atoms with Gasteiger partial charge in [0.05, 0.1) is 0 Å². The summed E-state index contributed by atoms with van der Waals surface area (Å²) >= 11 is 14.8. The Hall–Kier alpha value is -1.88. The molecule has 0 N–H and O–H groups in total. The Morgan fingerprint density at radius 1 is 0.432 bits per heavy atom. The fraction of sp³-hybridized carbons (Fsp3) is 0.222. The van der Waals surface area contributed by atoms with Gasteiger partial charge in [-0.15, -0.1) is 45.3 Å². The highest BCUT2D eigenvalue weighted by atomic mass is 32.1. The fourth-order valence-electron chi connectivity index (χ4n) is 5.62. The molecule has 0 spiro atoms. The van der Waals surface area contributed by atoms with Crippen LogP contribution in [0.2, 0.25) is 0 Å². The Bertz CT molecular complexity index is 1900. The molecule has 0 aliphatic rings. The van der Waals surface area contributed by atoms with Crippen LogP contribution in [-0.4, -0.2) is 0 Å². The van der Waals surface area contributed by atoms with Crippen LogP contribution >= 0.6 is 90.7 Å². The van der Waals surface area contributed by atoms with Crippen molar-refractivity contribution in [2.75, 3.05) is 0 Å². The molecule has 0 radical (unpaired) electrons. The first-order chi connectivity index (χ1) is 21.3. The van der Waals surface area contributed by atoms with E-state index in [1.54, 1.807) is 45.3 Å². The highest BCUT2D eigenvalue weighted by Gasteiger charge is 2.32. The van der Waals surface area contributed by atoms with Gasteiger partial charge < -0.3 is 0 Å². The van der Waals surface area contributed by atoms with Crippen molar-refractivity contribution in [3.63, 3.8) is 0 Å². The molecule has 0 saturated heterocycles. The van der Waals surface area contributed by atoms with Crippen molar-refractivity contribution in [3.05, 3.63) is 133 Å². The van der Waals surface area contributed by atoms with E-state index in [4.69, 9.17) is 0 Å². The molecule has 0 unspecified atom stereocenters. The van der Waals surface area contributed by atoms with E-state index in [1.165, 1.54) is 63.3 Å². The standard InChI is InChI=1S/C20H20S4.C16H12S4/c1-19(2,13-5-7-21-9-13)15-11-23-18-16(12-24-17(15)18)20(3,4)14-6-8-22-10-14;1-3-17-7-11(1)5-13-9-19-16-14(10-20-15(13)16)6-12-2-4-18-8-12/h5-12H,1-4H3;1-4,7-10H,5-6H2. The molecule has 8 aromatic rings. The lowest BCUT2D eigenvalue weighted by Crippen LogP contribution is -2.17. The average Bonchev–Trinajstić information content (AvgIpc) is 3.86. The van der Waals surface area contributed by atoms with E-state index in [0.29, 0.717) is 0 Å². The van der Waals surface area contributed by atoms with Gasteiger partial charge in [0.15, 0.2) is 0 Å². The van der Waals surface area contributed by atoms with E-state index in [1.807, 2.05) is 45.3 Å². The van der Waals surface area contributed by atoms with Crippen LogP contribution in [0.1, 0.15) is 72.2 Å². The third-order valence-corrected chi connectivity index (χ3v) is 15.8. The molecule has 0 saturated carbocycles. The van der Waals surface area contributed by atoms with Gasteiger partial charge in [0.2, 0.25) is 0 Å². The Labute approximate surface area is 291 Å². The van der Waals surface area contributed by atoms with Crippen molar-refractivity contribution >= 4 is 109 Å². The number of fused-ring (bicyclic) bond motifs is 2. The van der Waals surface area contributed by atoms with Crippen molar-refractivity contribution in [3.8, 4) is 0 Å². The van der Waals surface area contributed by atoms with E-state index >= 15 is 0 Å². The molecule has 224 valence electrons. The molecule has 0 amide bonds. The van der Waals surface area contributed by atoms with E-state index < -0.39 is 0 Å². The molecule has 8 heteroatoms. The van der Waals surface area contributed by atoms with Crippen LogP contribution < -0.4 is 0 Å². The smallest absolute Gasteiger partial charge is 0.0494 e. The van der Waals surface area contributed by atoms with E-state index in [-0.39, 0.29) is 10.8 Å². The summed E-state index contributed by atoms with van der Waals surface area (Å²) in [6.07, 6.45) is 2.14. The predicted octanol–water partition coefficient (Wildman–Crippen LogP) is 14.0. The zero-order valence-corrected chi connectivity index (χ0v) is 31.4. The zero-order chi connectivity index (χ0) is 30.3. The zero-order valence-electron chi connectivity index (χ0n) is 24.9. The monoisotopic (exact) mass is 720 g/mol. The molecule has 8 rings (SSSR count). The number of rotatable bonds is 8. The van der Waals surface area contributed by atoms with E-state index in [2.05, 4.69) is 117 Å². The number of thiophene rings is 8. The third kappa shape index (κ3) is 5.89. The molecular weight excluding hydrogens is 689 g/mol. The summed E-state index contributed by atoms with van der Waals surface area (Å²) < 4.78 is 5.92. The molecule has 0 fully saturated rings. The van der Waals surface area contributed by atoms with Crippen LogP contribution in [0.4, 0.5) is 0 Å². The topological polar surface area (TPSA) is 0 Å². The van der Waals surface area contributed by atoms with E-state index in [9.17, 15) is 0 Å². The maximum Gasteiger partial charge on any atom is 0.0494 e. The summed E-state index contributed by atoms with van der Waals surface area (Å²) in [4.78, 5) is 0. The first-order valence-corrected chi connectivity index (χ1v) is 21.6. The second-order valence-corrected chi connectivity index (χ2v) is 18.7. The Kier molecular flexibility index (Phi) is 8.90. The largest absolute Gasteiger partial charge is 0.152 e. The summed E-state index contributed by atoms with van der Waals surface area (Å²) in [5.74, 6) is 0. The van der Waals surface area contributed by atoms with Gasteiger partial charge in [-0.3, -0.25) is 0 Å². The maximum atomic E-state index is 2.38. The van der Waals surface area contributed by atoms with Gasteiger partial charge in [0.25, 0.3) is 0 Å². The summed E-state index contributed by atoms with van der Waals surface area (Å²) in [7, 11) is 0. The average molecular weight is 721 g/mol. The van der Waals surface area contributed by atoms with Gasteiger partial charge in [0, 0.05) is 42.5 Å². The summed E-state index contributed by atoms with van der Waals surface area (Å²) in [5.41, 5.74) is 11.7. The predicted molar refractivity (Wildman–Crippen MR) is 207 cm³/mol. The number of hydrogen-bond acceptors (Lipinski definition) is 8. The van der Waals surface area contributed by atoms with Crippen molar-refractivity contribution < 1.29 is 0 Å². The van der Waals surface area contributed by atoms with Gasteiger partial charge >= 0.3 is 0 Å². The molecule has 8 heterocycles. The highest BCUT2D eigenvalue weighted by Crippen LogP contribution is 2.48. The molecule has 0 nitrogen and oxygen atoms in total. The second kappa shape index (κ2) is 12.7. The van der Waals surface area contributed by atoms with Crippen LogP contribution in [-0.2, 0) is 23.7 Å². The molecular formula is C36H32S8. The third-order valence-electron chi connectivity index (χ3n) is 8.49. The maximum absolute atomic E-state index is 2.38. The molecule has 0 aliphatic heterocycles. The van der Waals surface area contributed by atoms with Crippen molar-refractivity contribution in [2.24, 2.45) is 0 Å². The van der Waals surface area contributed by atoms with Crippen LogP contribution in [0, 0.1) is 0 Å². The molecule has 0 aliphatic carbocycles. The Morgan fingerprint density at radius 2 is 0.818 bits per heavy atom. The lowest BCUT2D eigenvalue weighted by molar-refractivity contribution is 0.650. The second-order valence-electron chi connectivity index (χ2n) is 12.0. The highest BCUT2D eigenvalue weighted by molar-refractivity contribution is 7.27. The summed E-state index contributed by atoms with van der Waals surface area (Å²) in [6, 6.07) is 8.98. The van der Waals surface area contributed by atoms with Crippen LogP contribution in [0.25, 0.3) is 18.8 Å². The quantitative estimate of drug-likeness (QED) is 0.147. The molecule has 0 bridgehead atoms. The minimum absolute atomic E-state index is 0.0624. The van der Waals surface area contributed by atoms with Crippen molar-refractivity contribution in [1.29, 1.82) is 0 Å². The van der Waals surface area contributed by atoms with Gasteiger partial charge in [0.1, 0.15) is 0 Å². The fourth-order valence-corrected chi connectivity index (χ4v) is 14.1. The summed E-state index contributed by atoms with van der Waals surface area (Å²) in [6.45, 7) is 9.39. The first-order valence-electron chi connectivity index (χ1n) is 14.4.